The minimum Gasteiger partial charge on any atom is -0.509 e. The van der Waals surface area contributed by atoms with E-state index in [1.54, 1.807) is 0 Å². The van der Waals surface area contributed by atoms with E-state index in [0.29, 0.717) is 5.56 Å². The van der Waals surface area contributed by atoms with E-state index in [2.05, 4.69) is 5.32 Å². The van der Waals surface area contributed by atoms with Crippen molar-refractivity contribution >= 4 is 35.2 Å². The van der Waals surface area contributed by atoms with Crippen LogP contribution in [0.3, 0.4) is 0 Å². The van der Waals surface area contributed by atoms with Crippen LogP contribution in [0.4, 0.5) is 5.69 Å². The number of nitrogens with one attached hydrogen (secondary N) is 1. The molecule has 0 spiro atoms. The molecule has 11 heteroatoms. The van der Waals surface area contributed by atoms with Gasteiger partial charge < -0.3 is 15.2 Å². The van der Waals surface area contributed by atoms with Gasteiger partial charge in [-0.1, -0.05) is 30.3 Å². The Morgan fingerprint density at radius 3 is 2.52 bits per heavy atom. The number of nitro groups is 1. The van der Waals surface area contributed by atoms with E-state index in [1.165, 1.54) is 36.0 Å². The molecule has 1 saturated heterocycles. The van der Waals surface area contributed by atoms with Gasteiger partial charge in [-0.2, -0.15) is 0 Å². The fourth-order valence-electron chi connectivity index (χ4n) is 3.53. The first-order chi connectivity index (χ1) is 15.8. The second-order valence-corrected chi connectivity index (χ2v) is 8.52. The molecule has 2 amide bonds. The number of thioether (sulfide) groups is 1. The molecule has 10 nitrogen and oxygen atoms in total. The summed E-state index contributed by atoms with van der Waals surface area (Å²) in [4.78, 5) is 49.0. The molecular weight excluding hydrogens is 450 g/mol. The molecule has 0 bridgehead atoms. The van der Waals surface area contributed by atoms with Crippen LogP contribution in [0.1, 0.15) is 11.1 Å². The normalized spacial score (nSPS) is 19.4. The van der Waals surface area contributed by atoms with Crippen LogP contribution in [-0.2, 0) is 32.1 Å². The average molecular weight is 469 g/mol. The van der Waals surface area contributed by atoms with E-state index in [9.17, 15) is 29.6 Å². The second-order valence-electron chi connectivity index (χ2n) is 7.41. The maximum Gasteiger partial charge on any atom is 0.358 e. The van der Waals surface area contributed by atoms with Gasteiger partial charge in [-0.25, -0.2) is 4.79 Å². The number of aliphatic hydroxyl groups excluding tert-OH is 1. The summed E-state index contributed by atoms with van der Waals surface area (Å²) in [6.07, 6.45) is 0.118. The van der Waals surface area contributed by atoms with E-state index >= 15 is 0 Å². The summed E-state index contributed by atoms with van der Waals surface area (Å²) >= 11 is 1.23. The number of non-ortho nitro benzene ring substituents is 1. The highest BCUT2D eigenvalue weighted by molar-refractivity contribution is 8.00. The molecule has 170 valence electrons. The summed E-state index contributed by atoms with van der Waals surface area (Å²) in [5, 5.41) is 23.1. The Bertz CT molecular complexity index is 1130. The minimum absolute atomic E-state index is 0.0848. The maximum atomic E-state index is 12.7. The van der Waals surface area contributed by atoms with Crippen molar-refractivity contribution in [3.63, 3.8) is 0 Å². The van der Waals surface area contributed by atoms with Crippen molar-refractivity contribution in [1.82, 2.24) is 10.2 Å². The van der Waals surface area contributed by atoms with Crippen molar-refractivity contribution < 1.29 is 29.2 Å². The largest absolute Gasteiger partial charge is 0.509 e. The second kappa shape index (κ2) is 9.33. The Labute approximate surface area is 192 Å². The van der Waals surface area contributed by atoms with Gasteiger partial charge in [0.2, 0.25) is 5.91 Å². The lowest BCUT2D eigenvalue weighted by molar-refractivity contribution is -0.384. The number of fused-ring (bicyclic) bond motifs is 1. The van der Waals surface area contributed by atoms with Crippen LogP contribution in [0.25, 0.3) is 0 Å². The van der Waals surface area contributed by atoms with Crippen molar-refractivity contribution in [2.24, 2.45) is 0 Å². The molecule has 2 N–H and O–H groups in total. The van der Waals surface area contributed by atoms with Crippen LogP contribution in [0.5, 0.6) is 0 Å². The predicted octanol–water partition coefficient (Wildman–Crippen LogP) is 2.05. The molecule has 0 aromatic heterocycles. The van der Waals surface area contributed by atoms with E-state index in [0.717, 1.165) is 10.5 Å². The van der Waals surface area contributed by atoms with E-state index < -0.39 is 28.2 Å². The SMILES string of the molecule is O=C(Cc1ccccc1)N[C@H]1C(=O)N2C(C(=O)OCc3ccc([N+](=O)[O-])cc3)=C(O)CS[C@H]12. The minimum atomic E-state index is -0.890. The van der Waals surface area contributed by atoms with Gasteiger partial charge in [0.05, 0.1) is 17.1 Å². The fourth-order valence-corrected chi connectivity index (χ4v) is 4.73. The van der Waals surface area contributed by atoms with Crippen LogP contribution in [0, 0.1) is 10.1 Å². The van der Waals surface area contributed by atoms with Gasteiger partial charge >= 0.3 is 5.97 Å². The smallest absolute Gasteiger partial charge is 0.358 e. The van der Waals surface area contributed by atoms with Gasteiger partial charge in [0.25, 0.3) is 11.6 Å². The molecule has 33 heavy (non-hydrogen) atoms. The molecule has 0 aliphatic carbocycles. The zero-order valence-corrected chi connectivity index (χ0v) is 18.0. The summed E-state index contributed by atoms with van der Waals surface area (Å²) in [5.41, 5.74) is 0.975. The lowest BCUT2D eigenvalue weighted by atomic mass is 10.0. The summed E-state index contributed by atoms with van der Waals surface area (Å²) in [6, 6.07) is 13.8. The summed E-state index contributed by atoms with van der Waals surface area (Å²) in [7, 11) is 0. The molecule has 2 aliphatic heterocycles. The molecule has 2 aliphatic rings. The Kier molecular flexibility index (Phi) is 6.31. The van der Waals surface area contributed by atoms with E-state index in [-0.39, 0.29) is 41.8 Å². The lowest BCUT2D eigenvalue weighted by Crippen LogP contribution is -2.70. The first-order valence-corrected chi connectivity index (χ1v) is 11.0. The van der Waals surface area contributed by atoms with Gasteiger partial charge in [-0.3, -0.25) is 24.6 Å². The summed E-state index contributed by atoms with van der Waals surface area (Å²) in [6.45, 7) is -0.190. The Balaban J connectivity index is 1.37. The van der Waals surface area contributed by atoms with Crippen LogP contribution in [0.2, 0.25) is 0 Å². The maximum absolute atomic E-state index is 12.7. The van der Waals surface area contributed by atoms with Crippen molar-refractivity contribution in [2.45, 2.75) is 24.4 Å². The fraction of sp³-hybridized carbons (Fsp3) is 0.227. The molecule has 4 rings (SSSR count). The molecule has 2 heterocycles. The lowest BCUT2D eigenvalue weighted by Gasteiger charge is -2.48. The Hall–Kier alpha value is -3.86. The molecule has 2 atom stereocenters. The van der Waals surface area contributed by atoms with Crippen LogP contribution >= 0.6 is 11.8 Å². The number of β-lactam (4-membered cyclic amide) rings is 1. The number of hydrogen-bond acceptors (Lipinski definition) is 8. The number of nitrogens with zero attached hydrogens (tertiary/aromatic N) is 2. The number of carbonyl (C=O) groups is 3. The Morgan fingerprint density at radius 2 is 1.85 bits per heavy atom. The average Bonchev–Trinajstić information content (AvgIpc) is 2.81. The number of carbonyl (C=O) groups excluding carboxylic acids is 3. The van der Waals surface area contributed by atoms with Gasteiger partial charge in [-0.05, 0) is 23.3 Å². The molecule has 2 aromatic carbocycles. The third kappa shape index (κ3) is 4.67. The highest BCUT2D eigenvalue weighted by Crippen LogP contribution is 2.40. The third-order valence-electron chi connectivity index (χ3n) is 5.18. The van der Waals surface area contributed by atoms with Crippen molar-refractivity contribution in [2.75, 3.05) is 5.75 Å². The van der Waals surface area contributed by atoms with Crippen LogP contribution in [-0.4, -0.2) is 49.9 Å². The molecular formula is C22H19N3O7S. The number of benzene rings is 2. The predicted molar refractivity (Wildman–Crippen MR) is 118 cm³/mol. The number of hydrogen-bond donors (Lipinski definition) is 2. The van der Waals surface area contributed by atoms with Crippen molar-refractivity contribution in [1.29, 1.82) is 0 Å². The zero-order chi connectivity index (χ0) is 23.5. The molecule has 1 fully saturated rings. The summed E-state index contributed by atoms with van der Waals surface area (Å²) < 4.78 is 5.22. The van der Waals surface area contributed by atoms with Gasteiger partial charge in [0.15, 0.2) is 5.70 Å². The van der Waals surface area contributed by atoms with E-state index in [4.69, 9.17) is 4.74 Å². The number of ether oxygens (including phenoxy) is 1. The highest BCUT2D eigenvalue weighted by Gasteiger charge is 2.54. The van der Waals surface area contributed by atoms with Crippen LogP contribution < -0.4 is 5.32 Å². The number of nitro benzene ring substituents is 1. The number of amides is 2. The topological polar surface area (TPSA) is 139 Å². The van der Waals surface area contributed by atoms with Gasteiger partial charge in [0.1, 0.15) is 23.8 Å². The first-order valence-electron chi connectivity index (χ1n) is 9.95. The molecule has 0 radical (unpaired) electrons. The monoisotopic (exact) mass is 469 g/mol. The molecule has 0 unspecified atom stereocenters. The molecule has 2 aromatic rings. The zero-order valence-electron chi connectivity index (χ0n) is 17.2. The standard InChI is InChI=1S/C22H19N3O7S/c26-16-12-33-21-18(23-17(27)10-13-4-2-1-3-5-13)20(28)24(21)19(16)22(29)32-11-14-6-8-15(9-7-14)25(30)31/h1-9,18,21,26H,10-12H2,(H,23,27)/t18-,21+/m0/s1. The summed E-state index contributed by atoms with van der Waals surface area (Å²) in [5.74, 6) is -1.92. The van der Waals surface area contributed by atoms with Gasteiger partial charge in [-0.15, -0.1) is 11.8 Å². The quantitative estimate of drug-likeness (QED) is 0.272. The van der Waals surface area contributed by atoms with E-state index in [1.807, 2.05) is 30.3 Å². The van der Waals surface area contributed by atoms with Gasteiger partial charge in [0, 0.05) is 12.1 Å². The number of rotatable bonds is 7. The number of aliphatic hydroxyl groups is 1. The highest BCUT2D eigenvalue weighted by atomic mass is 32.2. The van der Waals surface area contributed by atoms with Crippen LogP contribution in [0.15, 0.2) is 66.1 Å². The van der Waals surface area contributed by atoms with Crippen molar-refractivity contribution in [3.05, 3.63) is 87.3 Å². The molecule has 0 saturated carbocycles. The first kappa shape index (κ1) is 22.3. The number of esters is 1. The Morgan fingerprint density at radius 1 is 1.15 bits per heavy atom. The van der Waals surface area contributed by atoms with Crippen molar-refractivity contribution in [3.8, 4) is 0 Å². The third-order valence-corrected chi connectivity index (χ3v) is 6.45.